The molecule has 0 aliphatic carbocycles. The predicted molar refractivity (Wildman–Crippen MR) is 110 cm³/mol. The second-order valence-corrected chi connectivity index (χ2v) is 7.09. The van der Waals surface area contributed by atoms with Crippen LogP contribution in [0.15, 0.2) is 42.5 Å². The highest BCUT2D eigenvalue weighted by atomic mass is 16.2. The molecule has 3 rings (SSSR count). The summed E-state index contributed by atoms with van der Waals surface area (Å²) in [6.07, 6.45) is 1.03. The first kappa shape index (κ1) is 19.6. The molecule has 0 radical (unpaired) electrons. The molecule has 1 unspecified atom stereocenters. The average molecular weight is 379 g/mol. The summed E-state index contributed by atoms with van der Waals surface area (Å²) in [7, 11) is 0. The number of rotatable bonds is 5. The number of carbonyl (C=O) groups excluding carboxylic acids is 3. The van der Waals surface area contributed by atoms with E-state index in [0.717, 1.165) is 23.2 Å². The van der Waals surface area contributed by atoms with E-state index in [9.17, 15) is 14.4 Å². The van der Waals surface area contributed by atoms with Crippen molar-refractivity contribution >= 4 is 34.8 Å². The Labute approximate surface area is 164 Å². The fourth-order valence-electron chi connectivity index (χ4n) is 3.58. The van der Waals surface area contributed by atoms with Crippen molar-refractivity contribution in [3.63, 3.8) is 0 Å². The lowest BCUT2D eigenvalue weighted by atomic mass is 10.0. The van der Waals surface area contributed by atoms with Gasteiger partial charge in [-0.1, -0.05) is 25.1 Å². The van der Waals surface area contributed by atoms with Gasteiger partial charge in [0.25, 0.3) is 0 Å². The van der Waals surface area contributed by atoms with Gasteiger partial charge in [-0.2, -0.15) is 0 Å². The van der Waals surface area contributed by atoms with E-state index < -0.39 is 5.92 Å². The predicted octanol–water partition coefficient (Wildman–Crippen LogP) is 3.51. The lowest BCUT2D eigenvalue weighted by Gasteiger charge is -2.22. The molecular formula is C22H25N3O3. The molecule has 146 valence electrons. The molecule has 1 atom stereocenters. The van der Waals surface area contributed by atoms with Gasteiger partial charge >= 0.3 is 0 Å². The van der Waals surface area contributed by atoms with Crippen molar-refractivity contribution in [2.75, 3.05) is 22.1 Å². The van der Waals surface area contributed by atoms with E-state index in [4.69, 9.17) is 0 Å². The monoisotopic (exact) mass is 379 g/mol. The van der Waals surface area contributed by atoms with E-state index >= 15 is 0 Å². The zero-order valence-electron chi connectivity index (χ0n) is 16.4. The van der Waals surface area contributed by atoms with Crippen LogP contribution in [0, 0.1) is 12.8 Å². The molecule has 1 heterocycles. The maximum atomic E-state index is 12.7. The van der Waals surface area contributed by atoms with Gasteiger partial charge in [0.05, 0.1) is 5.92 Å². The molecule has 1 saturated heterocycles. The van der Waals surface area contributed by atoms with E-state index in [0.29, 0.717) is 17.9 Å². The highest BCUT2D eigenvalue weighted by Crippen LogP contribution is 2.32. The number of nitrogens with one attached hydrogen (secondary N) is 2. The van der Waals surface area contributed by atoms with E-state index in [-0.39, 0.29) is 24.1 Å². The van der Waals surface area contributed by atoms with Gasteiger partial charge in [-0.3, -0.25) is 14.4 Å². The van der Waals surface area contributed by atoms with Crippen LogP contribution in [0.5, 0.6) is 0 Å². The van der Waals surface area contributed by atoms with Gasteiger partial charge < -0.3 is 15.5 Å². The van der Waals surface area contributed by atoms with Crippen molar-refractivity contribution in [1.82, 2.24) is 0 Å². The minimum Gasteiger partial charge on any atom is -0.326 e. The normalized spacial score (nSPS) is 16.2. The number of hydrogen-bond donors (Lipinski definition) is 2. The summed E-state index contributed by atoms with van der Waals surface area (Å²) >= 11 is 0. The van der Waals surface area contributed by atoms with Crippen molar-refractivity contribution in [1.29, 1.82) is 0 Å². The summed E-state index contributed by atoms with van der Waals surface area (Å²) in [6, 6.07) is 12.9. The number of benzene rings is 2. The number of aryl methyl sites for hydroxylation is 2. The van der Waals surface area contributed by atoms with Gasteiger partial charge in [0.1, 0.15) is 0 Å². The van der Waals surface area contributed by atoms with Crippen molar-refractivity contribution in [2.24, 2.45) is 5.92 Å². The first-order chi connectivity index (χ1) is 13.4. The standard InChI is InChI=1S/C22H25N3O3/c1-4-16-7-5-6-14(2)21(16)25-13-17(12-20(25)27)22(28)24-19-10-8-18(9-11-19)23-15(3)26/h5-11,17H,4,12-13H2,1-3H3,(H,23,26)(H,24,28). The molecule has 0 bridgehead atoms. The Morgan fingerprint density at radius 1 is 1.07 bits per heavy atom. The summed E-state index contributed by atoms with van der Waals surface area (Å²) < 4.78 is 0. The number of para-hydroxylation sites is 1. The fraction of sp³-hybridized carbons (Fsp3) is 0.318. The molecular weight excluding hydrogens is 354 g/mol. The Morgan fingerprint density at radius 2 is 1.71 bits per heavy atom. The topological polar surface area (TPSA) is 78.5 Å². The second kappa shape index (κ2) is 8.25. The molecule has 6 heteroatoms. The van der Waals surface area contributed by atoms with Crippen LogP contribution in [0.25, 0.3) is 0 Å². The van der Waals surface area contributed by atoms with Crippen molar-refractivity contribution in [3.05, 3.63) is 53.6 Å². The van der Waals surface area contributed by atoms with E-state index in [1.807, 2.05) is 25.1 Å². The molecule has 2 N–H and O–H groups in total. The van der Waals surface area contributed by atoms with E-state index in [1.54, 1.807) is 29.2 Å². The molecule has 0 saturated carbocycles. The fourth-order valence-corrected chi connectivity index (χ4v) is 3.58. The zero-order chi connectivity index (χ0) is 20.3. The average Bonchev–Trinajstić information content (AvgIpc) is 3.04. The van der Waals surface area contributed by atoms with Gasteiger partial charge in [0.15, 0.2) is 0 Å². The number of hydrogen-bond acceptors (Lipinski definition) is 3. The first-order valence-electron chi connectivity index (χ1n) is 9.46. The minimum atomic E-state index is -0.396. The molecule has 2 aromatic rings. The molecule has 6 nitrogen and oxygen atoms in total. The molecule has 1 fully saturated rings. The Morgan fingerprint density at radius 3 is 2.32 bits per heavy atom. The summed E-state index contributed by atoms with van der Waals surface area (Å²) in [5, 5.41) is 5.55. The molecule has 28 heavy (non-hydrogen) atoms. The maximum Gasteiger partial charge on any atom is 0.229 e. The number of amides is 3. The van der Waals surface area contributed by atoms with Crippen LogP contribution < -0.4 is 15.5 Å². The quantitative estimate of drug-likeness (QED) is 0.834. The Hall–Kier alpha value is -3.15. The number of carbonyl (C=O) groups is 3. The number of nitrogens with zero attached hydrogens (tertiary/aromatic N) is 1. The highest BCUT2D eigenvalue weighted by molar-refractivity contribution is 6.04. The van der Waals surface area contributed by atoms with E-state index in [1.165, 1.54) is 6.92 Å². The minimum absolute atomic E-state index is 0.0230. The summed E-state index contributed by atoms with van der Waals surface area (Å²) in [5.41, 5.74) is 4.39. The maximum absolute atomic E-state index is 12.7. The van der Waals surface area contributed by atoms with Crippen LogP contribution in [-0.2, 0) is 20.8 Å². The third-order valence-corrected chi connectivity index (χ3v) is 4.94. The van der Waals surface area contributed by atoms with Crippen molar-refractivity contribution in [3.8, 4) is 0 Å². The van der Waals surface area contributed by atoms with Gasteiger partial charge in [-0.05, 0) is 48.7 Å². The Bertz CT molecular complexity index is 906. The van der Waals surface area contributed by atoms with Gasteiger partial charge in [0.2, 0.25) is 17.7 Å². The van der Waals surface area contributed by atoms with Crippen molar-refractivity contribution in [2.45, 2.75) is 33.6 Å². The smallest absolute Gasteiger partial charge is 0.229 e. The van der Waals surface area contributed by atoms with Gasteiger partial charge in [-0.15, -0.1) is 0 Å². The molecule has 0 aromatic heterocycles. The first-order valence-corrected chi connectivity index (χ1v) is 9.46. The second-order valence-electron chi connectivity index (χ2n) is 7.09. The Kier molecular flexibility index (Phi) is 5.78. The SMILES string of the molecule is CCc1cccc(C)c1N1CC(C(=O)Nc2ccc(NC(C)=O)cc2)CC1=O. The largest absolute Gasteiger partial charge is 0.326 e. The lowest BCUT2D eigenvalue weighted by Crippen LogP contribution is -2.29. The molecule has 3 amide bonds. The van der Waals surface area contributed by atoms with Gasteiger partial charge in [-0.25, -0.2) is 0 Å². The zero-order valence-corrected chi connectivity index (χ0v) is 16.4. The van der Waals surface area contributed by atoms with Gasteiger partial charge in [0, 0.05) is 37.0 Å². The summed E-state index contributed by atoms with van der Waals surface area (Å²) in [6.45, 7) is 5.88. The molecule has 2 aromatic carbocycles. The lowest BCUT2D eigenvalue weighted by molar-refractivity contribution is -0.122. The van der Waals surface area contributed by atoms with E-state index in [2.05, 4.69) is 17.6 Å². The number of anilines is 3. The van der Waals surface area contributed by atoms with Crippen molar-refractivity contribution < 1.29 is 14.4 Å². The van der Waals surface area contributed by atoms with Crippen LogP contribution in [0.3, 0.4) is 0 Å². The van der Waals surface area contributed by atoms with Crippen LogP contribution in [0.4, 0.5) is 17.1 Å². The molecule has 1 aliphatic heterocycles. The third-order valence-electron chi connectivity index (χ3n) is 4.94. The third kappa shape index (κ3) is 4.22. The van der Waals surface area contributed by atoms with Crippen LogP contribution >= 0.6 is 0 Å². The summed E-state index contributed by atoms with van der Waals surface area (Å²) in [4.78, 5) is 38.1. The summed E-state index contributed by atoms with van der Waals surface area (Å²) in [5.74, 6) is -0.740. The Balaban J connectivity index is 1.70. The van der Waals surface area contributed by atoms with Crippen LogP contribution in [0.2, 0.25) is 0 Å². The highest BCUT2D eigenvalue weighted by Gasteiger charge is 2.36. The molecule has 1 aliphatic rings. The van der Waals surface area contributed by atoms with Crippen LogP contribution in [-0.4, -0.2) is 24.3 Å². The van der Waals surface area contributed by atoms with Crippen LogP contribution in [0.1, 0.15) is 31.4 Å². The molecule has 0 spiro atoms.